The number of ether oxygens (including phenoxy) is 1. The van der Waals surface area contributed by atoms with Crippen LogP contribution in [-0.4, -0.2) is 64.6 Å². The zero-order valence-corrected chi connectivity index (χ0v) is 20.8. The first-order valence-electron chi connectivity index (χ1n) is 12.0. The van der Waals surface area contributed by atoms with Gasteiger partial charge in [-0.15, -0.1) is 5.10 Å². The Morgan fingerprint density at radius 3 is 2.38 bits per heavy atom. The van der Waals surface area contributed by atoms with Gasteiger partial charge in [0.15, 0.2) is 0 Å². The molecule has 1 aliphatic heterocycles. The van der Waals surface area contributed by atoms with Crippen LogP contribution in [0.2, 0.25) is 0 Å². The van der Waals surface area contributed by atoms with Gasteiger partial charge in [-0.25, -0.2) is 4.68 Å². The molecule has 3 unspecified atom stereocenters. The van der Waals surface area contributed by atoms with Crippen molar-refractivity contribution < 1.29 is 14.3 Å². The first-order chi connectivity index (χ1) is 15.1. The van der Waals surface area contributed by atoms with E-state index in [1.807, 2.05) is 27.0 Å². The summed E-state index contributed by atoms with van der Waals surface area (Å²) in [5, 5.41) is 11.6. The summed E-state index contributed by atoms with van der Waals surface area (Å²) < 4.78 is 7.22. The van der Waals surface area contributed by atoms with Gasteiger partial charge in [0.2, 0.25) is 11.8 Å². The van der Waals surface area contributed by atoms with Crippen molar-refractivity contribution in [3.05, 3.63) is 11.9 Å². The van der Waals surface area contributed by atoms with Gasteiger partial charge in [-0.05, 0) is 42.9 Å². The average molecular weight is 448 g/mol. The smallest absolute Gasteiger partial charge is 0.248 e. The molecule has 1 aromatic heterocycles. The van der Waals surface area contributed by atoms with Gasteiger partial charge in [-0.3, -0.25) is 9.59 Å². The number of carbonyl (C=O) groups is 2. The third kappa shape index (κ3) is 5.16. The van der Waals surface area contributed by atoms with Gasteiger partial charge >= 0.3 is 0 Å². The number of likely N-dealkylation sites (N-methyl/N-ethyl adjacent to an activating group) is 1. The third-order valence-electron chi connectivity index (χ3n) is 7.41. The average Bonchev–Trinajstić information content (AvgIpc) is 3.39. The number of nitrogens with one attached hydrogen (secondary N) is 1. The topological polar surface area (TPSA) is 89.4 Å². The molecule has 1 N–H and O–H groups in total. The van der Waals surface area contributed by atoms with Crippen LogP contribution in [0.3, 0.4) is 0 Å². The van der Waals surface area contributed by atoms with Gasteiger partial charge in [0.25, 0.3) is 0 Å². The third-order valence-corrected chi connectivity index (χ3v) is 7.41. The summed E-state index contributed by atoms with van der Waals surface area (Å²) in [6, 6.07) is -1.07. The maximum Gasteiger partial charge on any atom is 0.248 e. The van der Waals surface area contributed by atoms with Crippen molar-refractivity contribution in [1.82, 2.24) is 25.2 Å². The second-order valence-electron chi connectivity index (χ2n) is 11.0. The van der Waals surface area contributed by atoms with Crippen LogP contribution in [-0.2, 0) is 14.3 Å². The molecule has 3 rings (SSSR count). The number of methoxy groups -OCH3 is 1. The summed E-state index contributed by atoms with van der Waals surface area (Å²) in [5.41, 5.74) is 0.587. The van der Waals surface area contributed by atoms with Crippen molar-refractivity contribution in [3.63, 3.8) is 0 Å². The van der Waals surface area contributed by atoms with E-state index in [4.69, 9.17) is 4.74 Å². The van der Waals surface area contributed by atoms with Crippen LogP contribution in [0.25, 0.3) is 0 Å². The van der Waals surface area contributed by atoms with Crippen molar-refractivity contribution in [2.75, 3.05) is 20.7 Å². The van der Waals surface area contributed by atoms with Gasteiger partial charge in [-0.2, -0.15) is 0 Å². The molecule has 2 heterocycles. The number of hydrogen-bond donors (Lipinski definition) is 1. The van der Waals surface area contributed by atoms with Crippen molar-refractivity contribution in [3.8, 4) is 0 Å². The largest absolute Gasteiger partial charge is 0.380 e. The second-order valence-corrected chi connectivity index (χ2v) is 11.0. The Labute approximate surface area is 192 Å². The highest BCUT2D eigenvalue weighted by atomic mass is 16.5. The molecule has 8 heteroatoms. The molecule has 0 bridgehead atoms. The Hall–Kier alpha value is -1.96. The van der Waals surface area contributed by atoms with Crippen LogP contribution in [0.15, 0.2) is 6.20 Å². The molecule has 2 fully saturated rings. The molecular weight excluding hydrogens is 406 g/mol. The Morgan fingerprint density at radius 1 is 1.19 bits per heavy atom. The number of carbonyl (C=O) groups excluding carboxylic acids is 2. The minimum Gasteiger partial charge on any atom is -0.380 e. The molecule has 1 aromatic rings. The molecule has 1 saturated carbocycles. The number of nitrogens with zero attached hydrogens (tertiary/aromatic N) is 4. The van der Waals surface area contributed by atoms with E-state index in [0.29, 0.717) is 18.9 Å². The number of hydrogen-bond acceptors (Lipinski definition) is 5. The molecule has 180 valence electrons. The minimum atomic E-state index is -0.543. The lowest BCUT2D eigenvalue weighted by atomic mass is 9.76. The van der Waals surface area contributed by atoms with Gasteiger partial charge in [0.1, 0.15) is 12.1 Å². The fourth-order valence-electron chi connectivity index (χ4n) is 5.35. The summed E-state index contributed by atoms with van der Waals surface area (Å²) in [5.74, 6) is 1.64. The zero-order chi connectivity index (χ0) is 23.6. The van der Waals surface area contributed by atoms with Crippen LogP contribution in [0.5, 0.6) is 0 Å². The lowest BCUT2D eigenvalue weighted by Gasteiger charge is -2.34. The van der Waals surface area contributed by atoms with E-state index >= 15 is 0 Å². The van der Waals surface area contributed by atoms with Crippen LogP contribution < -0.4 is 5.32 Å². The Bertz CT molecular complexity index is 792. The monoisotopic (exact) mass is 447 g/mol. The molecule has 1 aliphatic carbocycles. The van der Waals surface area contributed by atoms with E-state index in [9.17, 15) is 9.59 Å². The van der Waals surface area contributed by atoms with Crippen LogP contribution in [0.4, 0.5) is 0 Å². The Kier molecular flexibility index (Phi) is 7.63. The standard InChI is InChI=1S/C24H41N5O3/c1-15(2)16-8-10-17(11-9-16)19-14-29(27-26-19)21(24(3,4)5)23(31)28-13-18(32-7)12-20(28)22(30)25-6/h14-18,20-21H,8-13H2,1-7H3,(H,25,30). The molecule has 3 atom stereocenters. The highest BCUT2D eigenvalue weighted by Gasteiger charge is 2.45. The number of amides is 2. The predicted octanol–water partition coefficient (Wildman–Crippen LogP) is 3.16. The van der Waals surface area contributed by atoms with Crippen molar-refractivity contribution >= 4 is 11.8 Å². The number of aromatic nitrogens is 3. The maximum atomic E-state index is 13.8. The van der Waals surface area contributed by atoms with E-state index in [1.165, 1.54) is 12.8 Å². The lowest BCUT2D eigenvalue weighted by Crippen LogP contribution is -2.49. The van der Waals surface area contributed by atoms with E-state index < -0.39 is 17.5 Å². The first-order valence-corrected chi connectivity index (χ1v) is 12.0. The van der Waals surface area contributed by atoms with E-state index in [1.54, 1.807) is 23.7 Å². The predicted molar refractivity (Wildman–Crippen MR) is 123 cm³/mol. The summed E-state index contributed by atoms with van der Waals surface area (Å²) >= 11 is 0. The summed E-state index contributed by atoms with van der Waals surface area (Å²) in [6.07, 6.45) is 7.00. The molecule has 8 nitrogen and oxygen atoms in total. The highest BCUT2D eigenvalue weighted by molar-refractivity contribution is 5.90. The van der Waals surface area contributed by atoms with Crippen molar-refractivity contribution in [2.45, 2.75) is 90.8 Å². The Balaban J connectivity index is 1.82. The molecule has 2 amide bonds. The fraction of sp³-hybridized carbons (Fsp3) is 0.833. The van der Waals surface area contributed by atoms with Crippen molar-refractivity contribution in [1.29, 1.82) is 0 Å². The van der Waals surface area contributed by atoms with E-state index in [-0.39, 0.29) is 17.9 Å². The molecule has 0 radical (unpaired) electrons. The number of rotatable bonds is 6. The van der Waals surface area contributed by atoms with Gasteiger partial charge in [0, 0.05) is 39.2 Å². The summed E-state index contributed by atoms with van der Waals surface area (Å²) in [4.78, 5) is 27.9. The van der Waals surface area contributed by atoms with Gasteiger partial charge < -0.3 is 15.0 Å². The molecule has 1 saturated heterocycles. The lowest BCUT2D eigenvalue weighted by molar-refractivity contribution is -0.144. The quantitative estimate of drug-likeness (QED) is 0.724. The second kappa shape index (κ2) is 9.89. The highest BCUT2D eigenvalue weighted by Crippen LogP contribution is 2.39. The molecule has 32 heavy (non-hydrogen) atoms. The normalized spacial score (nSPS) is 27.6. The van der Waals surface area contributed by atoms with Crippen LogP contribution >= 0.6 is 0 Å². The van der Waals surface area contributed by atoms with Gasteiger partial charge in [-0.1, -0.05) is 39.8 Å². The Morgan fingerprint density at radius 2 is 1.84 bits per heavy atom. The van der Waals surface area contributed by atoms with E-state index in [0.717, 1.165) is 30.4 Å². The van der Waals surface area contributed by atoms with Crippen LogP contribution in [0, 0.1) is 17.3 Å². The summed E-state index contributed by atoms with van der Waals surface area (Å²) in [6.45, 7) is 11.1. The number of likely N-dealkylation sites (tertiary alicyclic amines) is 1. The zero-order valence-electron chi connectivity index (χ0n) is 20.8. The fourth-order valence-corrected chi connectivity index (χ4v) is 5.35. The van der Waals surface area contributed by atoms with E-state index in [2.05, 4.69) is 29.5 Å². The molecular formula is C24H41N5O3. The first kappa shape index (κ1) is 24.7. The minimum absolute atomic E-state index is 0.106. The SMILES string of the molecule is CNC(=O)C1CC(OC)CN1C(=O)C(n1cc(C2CCC(C(C)C)CC2)nn1)C(C)(C)C. The van der Waals surface area contributed by atoms with Gasteiger partial charge in [0.05, 0.1) is 11.8 Å². The van der Waals surface area contributed by atoms with Crippen molar-refractivity contribution in [2.24, 2.45) is 17.3 Å². The molecule has 0 spiro atoms. The molecule has 2 aliphatic rings. The summed E-state index contributed by atoms with van der Waals surface area (Å²) in [7, 11) is 3.22. The van der Waals surface area contributed by atoms with Crippen LogP contribution in [0.1, 0.15) is 84.4 Å². The maximum absolute atomic E-state index is 13.8. The molecule has 0 aromatic carbocycles.